The van der Waals surface area contributed by atoms with E-state index in [4.69, 9.17) is 34.8 Å². The third kappa shape index (κ3) is 5.64. The van der Waals surface area contributed by atoms with Crippen molar-refractivity contribution in [1.29, 1.82) is 0 Å². The zero-order chi connectivity index (χ0) is 22.1. The van der Waals surface area contributed by atoms with Crippen LogP contribution in [0.25, 0.3) is 0 Å². The summed E-state index contributed by atoms with van der Waals surface area (Å²) in [6, 6.07) is -0.799. The molecule has 2 aliphatic heterocycles. The first-order chi connectivity index (χ1) is 14.1. The fourth-order valence-corrected chi connectivity index (χ4v) is 7.47. The number of carboxylic acid groups (broad SMARTS) is 1. The van der Waals surface area contributed by atoms with Crippen LogP contribution in [0.15, 0.2) is 16.4 Å². The number of aryl methyl sites for hydroxylation is 1. The number of nitrogens with zero attached hydrogens (tertiary/aromatic N) is 5. The van der Waals surface area contributed by atoms with Crippen LogP contribution in [-0.4, -0.2) is 79.8 Å². The molecule has 1 saturated heterocycles. The van der Waals surface area contributed by atoms with E-state index in [2.05, 4.69) is 20.8 Å². The van der Waals surface area contributed by atoms with Crippen LogP contribution < -0.4 is 5.32 Å². The number of carbonyl (C=O) groups excluding carboxylic acids is 2. The molecule has 1 fully saturated rings. The van der Waals surface area contributed by atoms with Crippen LogP contribution in [0.1, 0.15) is 0 Å². The lowest BCUT2D eigenvalue weighted by atomic mass is 10.0. The molecular formula is C13H13Cl3N6O4S4. The van der Waals surface area contributed by atoms with Gasteiger partial charge in [0.15, 0.2) is 0 Å². The molecule has 0 aromatic carbocycles. The lowest BCUT2D eigenvalue weighted by molar-refractivity contribution is -0.150. The molecule has 0 saturated carbocycles. The van der Waals surface area contributed by atoms with Gasteiger partial charge in [0.2, 0.25) is 14.2 Å². The van der Waals surface area contributed by atoms with E-state index in [0.29, 0.717) is 22.2 Å². The second kappa shape index (κ2) is 9.96. The van der Waals surface area contributed by atoms with Crippen molar-refractivity contribution in [3.05, 3.63) is 11.3 Å². The number of nitrogens with one attached hydrogen (secondary N) is 1. The molecule has 164 valence electrons. The topological polar surface area (TPSA) is 130 Å². The van der Waals surface area contributed by atoms with Crippen LogP contribution in [0.5, 0.6) is 0 Å². The average Bonchev–Trinajstić information content (AvgIpc) is 3.07. The largest absolute Gasteiger partial charge is 0.477 e. The highest BCUT2D eigenvalue weighted by molar-refractivity contribution is 8.78. The highest BCUT2D eigenvalue weighted by Crippen LogP contribution is 2.46. The number of tetrazole rings is 1. The molecule has 2 N–H and O–H groups in total. The number of aromatic nitrogens is 4. The molecule has 0 aliphatic carbocycles. The van der Waals surface area contributed by atoms with E-state index in [-0.39, 0.29) is 11.4 Å². The average molecular weight is 552 g/mol. The number of β-lactam (4-membered cyclic amide) rings is 1. The standard InChI is InChI=1S/C13H13Cl3N6O4S4/c1-21-12(18-19-20-21)28-3-5-2-27-10-7(9(24)22(10)8(5)11(25)26)17-6(23)4-29-30-13(14,15)16/h7,10H,2-4H2,1H3,(H,17,23)(H,25,26)/t7?,10-/m1/s1. The van der Waals surface area contributed by atoms with Crippen LogP contribution in [0, 0.1) is 0 Å². The molecule has 30 heavy (non-hydrogen) atoms. The predicted molar refractivity (Wildman–Crippen MR) is 120 cm³/mol. The number of rotatable bonds is 8. The Kier molecular flexibility index (Phi) is 8.02. The molecule has 0 spiro atoms. The van der Waals surface area contributed by atoms with Gasteiger partial charge in [0.05, 0.1) is 5.75 Å². The summed E-state index contributed by atoms with van der Waals surface area (Å²) in [4.78, 5) is 37.7. The minimum atomic E-state index is -1.55. The SMILES string of the molecule is Cn1nnnc1SCC1=C(C(=O)O)N2C(=O)C(NC(=O)CSSC(Cl)(Cl)Cl)[C@H]2SC1. The molecule has 17 heteroatoms. The minimum absolute atomic E-state index is 0.0189. The molecule has 0 radical (unpaired) electrons. The minimum Gasteiger partial charge on any atom is -0.477 e. The van der Waals surface area contributed by atoms with Gasteiger partial charge < -0.3 is 10.4 Å². The van der Waals surface area contributed by atoms with Crippen molar-refractivity contribution in [1.82, 2.24) is 30.4 Å². The van der Waals surface area contributed by atoms with Crippen molar-refractivity contribution >= 4 is 97.7 Å². The number of hydrogen-bond acceptors (Lipinski definition) is 10. The molecule has 3 rings (SSSR count). The number of fused-ring (bicyclic) bond motifs is 1. The quantitative estimate of drug-likeness (QED) is 0.212. The summed E-state index contributed by atoms with van der Waals surface area (Å²) >= 11 is 19.5. The molecule has 10 nitrogen and oxygen atoms in total. The first-order valence-corrected chi connectivity index (χ1v) is 13.5. The van der Waals surface area contributed by atoms with E-state index in [0.717, 1.165) is 21.6 Å². The second-order valence-corrected chi connectivity index (χ2v) is 13.4. The highest BCUT2D eigenvalue weighted by Gasteiger charge is 2.54. The Balaban J connectivity index is 1.62. The summed E-state index contributed by atoms with van der Waals surface area (Å²) in [5.74, 6) is -1.37. The van der Waals surface area contributed by atoms with Crippen LogP contribution in [0.3, 0.4) is 0 Å². The van der Waals surface area contributed by atoms with Crippen molar-refractivity contribution in [2.24, 2.45) is 7.05 Å². The number of hydrogen-bond donors (Lipinski definition) is 2. The van der Waals surface area contributed by atoms with E-state index >= 15 is 0 Å². The number of amides is 2. The molecule has 3 heterocycles. The van der Waals surface area contributed by atoms with E-state index in [1.165, 1.54) is 33.1 Å². The fraction of sp³-hybridized carbons (Fsp3) is 0.538. The monoisotopic (exact) mass is 550 g/mol. The molecule has 1 unspecified atom stereocenters. The summed E-state index contributed by atoms with van der Waals surface area (Å²) in [5.41, 5.74) is 0.530. The first-order valence-electron chi connectivity index (χ1n) is 8.00. The van der Waals surface area contributed by atoms with Gasteiger partial charge in [0, 0.05) is 18.6 Å². The van der Waals surface area contributed by atoms with Crippen molar-refractivity contribution < 1.29 is 19.5 Å². The number of halogens is 3. The molecule has 1 aromatic rings. The van der Waals surface area contributed by atoms with E-state index < -0.39 is 32.3 Å². The Labute approximate surface area is 201 Å². The lowest BCUT2D eigenvalue weighted by Gasteiger charge is -2.49. The molecule has 0 bridgehead atoms. The maximum Gasteiger partial charge on any atom is 0.352 e. The summed E-state index contributed by atoms with van der Waals surface area (Å²) in [6.07, 6.45) is 0. The predicted octanol–water partition coefficient (Wildman–Crippen LogP) is 1.75. The number of carbonyl (C=O) groups is 3. The Morgan fingerprint density at radius 2 is 2.13 bits per heavy atom. The van der Waals surface area contributed by atoms with Gasteiger partial charge in [-0.25, -0.2) is 9.48 Å². The fourth-order valence-electron chi connectivity index (χ4n) is 2.65. The van der Waals surface area contributed by atoms with Gasteiger partial charge in [0.25, 0.3) is 5.91 Å². The first kappa shape index (κ1) is 24.1. The van der Waals surface area contributed by atoms with Crippen molar-refractivity contribution in [3.8, 4) is 0 Å². The van der Waals surface area contributed by atoms with Gasteiger partial charge in [-0.15, -0.1) is 16.9 Å². The maximum absolute atomic E-state index is 12.6. The van der Waals surface area contributed by atoms with Crippen molar-refractivity contribution in [2.45, 2.75) is 19.7 Å². The van der Waals surface area contributed by atoms with E-state index in [1.54, 1.807) is 7.05 Å². The maximum atomic E-state index is 12.6. The van der Waals surface area contributed by atoms with Crippen LogP contribution >= 0.6 is 79.9 Å². The number of aliphatic carboxylic acids is 1. The third-order valence-corrected chi connectivity index (χ3v) is 9.96. The van der Waals surface area contributed by atoms with Crippen molar-refractivity contribution in [3.63, 3.8) is 0 Å². The summed E-state index contributed by atoms with van der Waals surface area (Å²) < 4.78 is -0.0757. The van der Waals surface area contributed by atoms with Crippen LogP contribution in [-0.2, 0) is 21.4 Å². The van der Waals surface area contributed by atoms with E-state index in [9.17, 15) is 19.5 Å². The molecular weight excluding hydrogens is 539 g/mol. The number of carboxylic acids is 1. The lowest BCUT2D eigenvalue weighted by Crippen LogP contribution is -2.70. The normalized spacial score (nSPS) is 21.3. The molecule has 2 aliphatic rings. The molecule has 1 aromatic heterocycles. The number of thioether (sulfide) groups is 2. The summed E-state index contributed by atoms with van der Waals surface area (Å²) in [5, 5.41) is 23.5. The van der Waals surface area contributed by atoms with Gasteiger partial charge >= 0.3 is 5.97 Å². The zero-order valence-electron chi connectivity index (χ0n) is 15.0. The van der Waals surface area contributed by atoms with Crippen LogP contribution in [0.2, 0.25) is 0 Å². The molecule has 2 amide bonds. The van der Waals surface area contributed by atoms with Gasteiger partial charge in [-0.1, -0.05) is 57.4 Å². The van der Waals surface area contributed by atoms with Gasteiger partial charge in [-0.3, -0.25) is 14.5 Å². The second-order valence-electron chi connectivity index (χ2n) is 5.88. The Bertz CT molecular complexity index is 894. The van der Waals surface area contributed by atoms with E-state index in [1.807, 2.05) is 0 Å². The zero-order valence-corrected chi connectivity index (χ0v) is 20.5. The third-order valence-electron chi connectivity index (χ3n) is 3.87. The van der Waals surface area contributed by atoms with Crippen molar-refractivity contribution in [2.75, 3.05) is 17.3 Å². The Morgan fingerprint density at radius 1 is 1.40 bits per heavy atom. The smallest absolute Gasteiger partial charge is 0.352 e. The van der Waals surface area contributed by atoms with Gasteiger partial charge in [-0.2, -0.15) is 0 Å². The van der Waals surface area contributed by atoms with Gasteiger partial charge in [0.1, 0.15) is 17.1 Å². The Morgan fingerprint density at radius 3 is 2.73 bits per heavy atom. The Hall–Kier alpha value is -0.510. The highest BCUT2D eigenvalue weighted by atomic mass is 35.6. The van der Waals surface area contributed by atoms with Crippen LogP contribution in [0.4, 0.5) is 0 Å². The summed E-state index contributed by atoms with van der Waals surface area (Å²) in [7, 11) is 3.61. The van der Waals surface area contributed by atoms with Gasteiger partial charge in [-0.05, 0) is 26.8 Å². The summed E-state index contributed by atoms with van der Waals surface area (Å²) in [6.45, 7) is 0. The number of alkyl halides is 3. The molecule has 2 atom stereocenters.